The first kappa shape index (κ1) is 23.1. The van der Waals surface area contributed by atoms with E-state index in [1.54, 1.807) is 0 Å². The van der Waals surface area contributed by atoms with Gasteiger partial charge >= 0.3 is 0 Å². The number of nitrogens with zero attached hydrogens (tertiary/aromatic N) is 2. The maximum absolute atomic E-state index is 11.1. The number of rotatable bonds is 3. The molecule has 5 heteroatoms. The van der Waals surface area contributed by atoms with Crippen LogP contribution in [0, 0.1) is 11.3 Å². The van der Waals surface area contributed by atoms with Crippen molar-refractivity contribution in [2.24, 2.45) is 11.3 Å². The number of fused-ring (bicyclic) bond motifs is 5. The normalized spacial score (nSPS) is 38.4. The number of hydrogen-bond acceptors (Lipinski definition) is 5. The molecule has 1 aromatic heterocycles. The Kier molecular flexibility index (Phi) is 5.35. The van der Waals surface area contributed by atoms with Crippen molar-refractivity contribution in [1.82, 2.24) is 9.88 Å². The number of ether oxygens (including phenoxy) is 1. The molecule has 0 spiro atoms. The predicted molar refractivity (Wildman–Crippen MR) is 139 cm³/mol. The molecule has 0 amide bonds. The number of benzene rings is 1. The van der Waals surface area contributed by atoms with E-state index in [4.69, 9.17) is 4.74 Å². The lowest BCUT2D eigenvalue weighted by Gasteiger charge is -2.55. The van der Waals surface area contributed by atoms with Crippen LogP contribution in [0.1, 0.15) is 45.1 Å². The van der Waals surface area contributed by atoms with Gasteiger partial charge in [-0.1, -0.05) is 50.3 Å². The summed E-state index contributed by atoms with van der Waals surface area (Å²) in [7, 11) is 3.94. The molecule has 7 atom stereocenters. The zero-order valence-electron chi connectivity index (χ0n) is 21.1. The Morgan fingerprint density at radius 3 is 2.77 bits per heavy atom. The van der Waals surface area contributed by atoms with Crippen LogP contribution in [0.25, 0.3) is 16.3 Å². The molecule has 7 unspecified atom stereocenters. The summed E-state index contributed by atoms with van der Waals surface area (Å²) in [5.41, 5.74) is 4.14. The van der Waals surface area contributed by atoms with Gasteiger partial charge in [-0.3, -0.25) is 4.98 Å². The van der Waals surface area contributed by atoms with Crippen LogP contribution >= 0.6 is 0 Å². The van der Waals surface area contributed by atoms with Crippen molar-refractivity contribution >= 4 is 16.3 Å². The monoisotopic (exact) mass is 472 g/mol. The number of aromatic nitrogens is 1. The molecule has 0 radical (unpaired) electrons. The van der Waals surface area contributed by atoms with Gasteiger partial charge in [0.25, 0.3) is 0 Å². The van der Waals surface area contributed by atoms with E-state index in [1.165, 1.54) is 21.9 Å². The lowest BCUT2D eigenvalue weighted by Crippen LogP contribution is -2.62. The summed E-state index contributed by atoms with van der Waals surface area (Å²) < 4.78 is 7.10. The molecule has 6 rings (SSSR count). The van der Waals surface area contributed by atoms with Crippen LogP contribution in [0.4, 0.5) is 0 Å². The summed E-state index contributed by atoms with van der Waals surface area (Å²) in [6, 6.07) is 8.49. The number of allylic oxidation sites excluding steroid dienone is 3. The molecule has 1 aliphatic heterocycles. The Hall–Kier alpha value is -2.31. The molecule has 184 valence electrons. The first-order chi connectivity index (χ1) is 16.8. The largest absolute Gasteiger partial charge is 0.388 e. The number of pyridine rings is 1. The van der Waals surface area contributed by atoms with Gasteiger partial charge in [0.2, 0.25) is 0 Å². The minimum atomic E-state index is -0.909. The molecule has 35 heavy (non-hydrogen) atoms. The Balaban J connectivity index is 1.41. The zero-order chi connectivity index (χ0) is 24.5. The Morgan fingerprint density at radius 2 is 2.00 bits per heavy atom. The Morgan fingerprint density at radius 1 is 1.17 bits per heavy atom. The molecule has 1 aromatic carbocycles. The molecule has 4 aliphatic rings. The smallest absolute Gasteiger partial charge is 0.105 e. The third-order valence-electron chi connectivity index (χ3n) is 9.45. The highest BCUT2D eigenvalue weighted by Crippen LogP contribution is 2.59. The maximum atomic E-state index is 11.1. The van der Waals surface area contributed by atoms with E-state index in [-0.39, 0.29) is 17.6 Å². The molecule has 3 aliphatic carbocycles. The van der Waals surface area contributed by atoms with Crippen molar-refractivity contribution in [3.63, 3.8) is 0 Å². The summed E-state index contributed by atoms with van der Waals surface area (Å²) in [5, 5.41) is 24.4. The summed E-state index contributed by atoms with van der Waals surface area (Å²) in [6.07, 6.45) is 12.4. The highest BCUT2D eigenvalue weighted by atomic mass is 16.5. The number of aliphatic hydroxyl groups excluding tert-OH is 2. The van der Waals surface area contributed by atoms with E-state index in [0.717, 1.165) is 30.4 Å². The number of hydrogen-bond donors (Lipinski definition) is 2. The maximum Gasteiger partial charge on any atom is 0.105 e. The fourth-order valence-corrected chi connectivity index (χ4v) is 7.32. The molecule has 0 bridgehead atoms. The highest BCUT2D eigenvalue weighted by molar-refractivity contribution is 5.95. The van der Waals surface area contributed by atoms with Crippen molar-refractivity contribution in [3.8, 4) is 0 Å². The van der Waals surface area contributed by atoms with E-state index in [1.807, 2.05) is 31.4 Å². The SMILES string of the molecule is CCC12CC(N(C)C)C(O)C(O)C1=CC1=CCC3(C)C(c4cccc5cnccc45)=CCC3C1O2. The number of aliphatic hydroxyl groups is 2. The topological polar surface area (TPSA) is 65.8 Å². The van der Waals surface area contributed by atoms with Gasteiger partial charge in [-0.15, -0.1) is 0 Å². The van der Waals surface area contributed by atoms with Crippen LogP contribution in [-0.4, -0.2) is 64.1 Å². The van der Waals surface area contributed by atoms with Gasteiger partial charge in [-0.05, 0) is 73.5 Å². The van der Waals surface area contributed by atoms with Crippen molar-refractivity contribution in [3.05, 3.63) is 71.6 Å². The van der Waals surface area contributed by atoms with Gasteiger partial charge in [0.15, 0.2) is 0 Å². The third kappa shape index (κ3) is 3.25. The highest BCUT2D eigenvalue weighted by Gasteiger charge is 2.57. The molecule has 5 nitrogen and oxygen atoms in total. The molecule has 0 saturated heterocycles. The van der Waals surface area contributed by atoms with Gasteiger partial charge in [0.1, 0.15) is 6.10 Å². The van der Waals surface area contributed by atoms with Crippen molar-refractivity contribution < 1.29 is 14.9 Å². The standard InChI is InChI=1S/C30H36N2O3/c1-5-30-16-25(32(3)4)27(34)26(33)24(30)15-18-11-13-29(2)22(9-10-23(29)28(18)35-30)21-8-6-7-19-17-31-14-12-20(19)21/h6-9,11-12,14-15,17,23,25-28,33-34H,5,10,13,16H2,1-4H3. The summed E-state index contributed by atoms with van der Waals surface area (Å²) in [6.45, 7) is 4.54. The summed E-state index contributed by atoms with van der Waals surface area (Å²) in [5.74, 6) is 0.331. The average Bonchev–Trinajstić information content (AvgIpc) is 3.22. The van der Waals surface area contributed by atoms with E-state index < -0.39 is 17.8 Å². The third-order valence-corrected chi connectivity index (χ3v) is 9.45. The molecule has 2 N–H and O–H groups in total. The molecule has 1 saturated carbocycles. The Labute approximate surface area is 207 Å². The lowest BCUT2D eigenvalue weighted by molar-refractivity contribution is -0.157. The van der Waals surface area contributed by atoms with E-state index in [9.17, 15) is 10.2 Å². The van der Waals surface area contributed by atoms with E-state index >= 15 is 0 Å². The van der Waals surface area contributed by atoms with Gasteiger partial charge < -0.3 is 19.8 Å². The van der Waals surface area contributed by atoms with Crippen LogP contribution in [-0.2, 0) is 4.74 Å². The summed E-state index contributed by atoms with van der Waals surface area (Å²) >= 11 is 0. The van der Waals surface area contributed by atoms with Crippen molar-refractivity contribution in [2.45, 2.75) is 69.5 Å². The minimum Gasteiger partial charge on any atom is -0.388 e. The predicted octanol–water partition coefficient (Wildman–Crippen LogP) is 4.50. The van der Waals surface area contributed by atoms with Crippen LogP contribution in [0.3, 0.4) is 0 Å². The van der Waals surface area contributed by atoms with Gasteiger partial charge in [0.05, 0.1) is 17.8 Å². The van der Waals surface area contributed by atoms with Crippen molar-refractivity contribution in [1.29, 1.82) is 0 Å². The van der Waals surface area contributed by atoms with Crippen LogP contribution in [0.15, 0.2) is 66.0 Å². The molecular weight excluding hydrogens is 436 g/mol. The second-order valence-electron chi connectivity index (χ2n) is 11.3. The average molecular weight is 473 g/mol. The van der Waals surface area contributed by atoms with Crippen LogP contribution < -0.4 is 0 Å². The second kappa shape index (κ2) is 8.10. The molecule has 1 fully saturated rings. The first-order valence-electron chi connectivity index (χ1n) is 13.0. The Bertz CT molecular complexity index is 1260. The fourth-order valence-electron chi connectivity index (χ4n) is 7.32. The van der Waals surface area contributed by atoms with Crippen LogP contribution in [0.5, 0.6) is 0 Å². The molecule has 2 aromatic rings. The van der Waals surface area contributed by atoms with Gasteiger partial charge in [0, 0.05) is 35.2 Å². The zero-order valence-corrected chi connectivity index (χ0v) is 21.1. The first-order valence-corrected chi connectivity index (χ1v) is 13.0. The van der Waals surface area contributed by atoms with Gasteiger partial charge in [-0.2, -0.15) is 0 Å². The second-order valence-corrected chi connectivity index (χ2v) is 11.3. The van der Waals surface area contributed by atoms with E-state index in [0.29, 0.717) is 12.3 Å². The number of likely N-dealkylation sites (N-methyl/N-ethyl adjacent to an activating group) is 1. The molecular formula is C30H36N2O3. The molecule has 2 heterocycles. The van der Waals surface area contributed by atoms with E-state index in [2.05, 4.69) is 61.3 Å². The summed E-state index contributed by atoms with van der Waals surface area (Å²) in [4.78, 5) is 6.34. The van der Waals surface area contributed by atoms with Crippen LogP contribution in [0.2, 0.25) is 0 Å². The minimum absolute atomic E-state index is 0.0203. The van der Waals surface area contributed by atoms with Gasteiger partial charge in [-0.25, -0.2) is 0 Å². The quantitative estimate of drug-likeness (QED) is 0.688. The van der Waals surface area contributed by atoms with Crippen molar-refractivity contribution in [2.75, 3.05) is 14.1 Å². The lowest BCUT2D eigenvalue weighted by atomic mass is 9.62. The fraction of sp³-hybridized carbons (Fsp3) is 0.500.